The lowest BCUT2D eigenvalue weighted by Gasteiger charge is -2.25. The molecule has 4 amide bonds. The van der Waals surface area contributed by atoms with E-state index in [9.17, 15) is 23.2 Å². The standard InChI is InChI=1S/C20H19F2N3O3/c1-12(15-7-8-16(21)17(22)9-15)24(2)19(27)14-5-3-13(4-6-14)11-25-18(26)10-23-20(25)28/h3-9,12H,10-11H2,1-2H3,(H,23,28). The van der Waals surface area contributed by atoms with Crippen molar-refractivity contribution in [1.29, 1.82) is 0 Å². The van der Waals surface area contributed by atoms with Gasteiger partial charge in [0.15, 0.2) is 11.6 Å². The first-order chi connectivity index (χ1) is 13.3. The quantitative estimate of drug-likeness (QED) is 0.802. The van der Waals surface area contributed by atoms with Gasteiger partial charge in [-0.15, -0.1) is 0 Å². The summed E-state index contributed by atoms with van der Waals surface area (Å²) in [5.74, 6) is -2.50. The molecular weight excluding hydrogens is 368 g/mol. The Hall–Kier alpha value is -3.29. The van der Waals surface area contributed by atoms with E-state index in [1.54, 1.807) is 38.2 Å². The second kappa shape index (κ2) is 7.75. The molecule has 1 unspecified atom stereocenters. The maximum atomic E-state index is 13.5. The van der Waals surface area contributed by atoms with Crippen LogP contribution in [0.15, 0.2) is 42.5 Å². The number of carbonyl (C=O) groups is 3. The van der Waals surface area contributed by atoms with Crippen LogP contribution in [0.3, 0.4) is 0 Å². The number of nitrogens with one attached hydrogen (secondary N) is 1. The zero-order valence-electron chi connectivity index (χ0n) is 15.4. The highest BCUT2D eigenvalue weighted by molar-refractivity contribution is 6.01. The van der Waals surface area contributed by atoms with Crippen LogP contribution in [0.4, 0.5) is 13.6 Å². The zero-order chi connectivity index (χ0) is 20.4. The van der Waals surface area contributed by atoms with Crippen LogP contribution in [0, 0.1) is 11.6 Å². The normalized spacial score (nSPS) is 14.8. The number of hydrogen-bond donors (Lipinski definition) is 1. The third-order valence-electron chi connectivity index (χ3n) is 4.81. The molecule has 1 aliphatic heterocycles. The van der Waals surface area contributed by atoms with Crippen LogP contribution in [0.25, 0.3) is 0 Å². The summed E-state index contributed by atoms with van der Waals surface area (Å²) in [6.07, 6.45) is 0. The Kier molecular flexibility index (Phi) is 5.39. The summed E-state index contributed by atoms with van der Waals surface area (Å²) in [7, 11) is 1.58. The first-order valence-corrected chi connectivity index (χ1v) is 8.67. The number of amides is 4. The lowest BCUT2D eigenvalue weighted by atomic mass is 10.1. The Labute approximate surface area is 160 Å². The van der Waals surface area contributed by atoms with Crippen molar-refractivity contribution in [3.63, 3.8) is 0 Å². The number of benzene rings is 2. The summed E-state index contributed by atoms with van der Waals surface area (Å²) in [4.78, 5) is 38.5. The molecule has 6 nitrogen and oxygen atoms in total. The van der Waals surface area contributed by atoms with Gasteiger partial charge in [-0.3, -0.25) is 14.5 Å². The molecule has 0 radical (unpaired) electrons. The van der Waals surface area contributed by atoms with Crippen LogP contribution in [0.2, 0.25) is 0 Å². The molecule has 0 bridgehead atoms. The summed E-state index contributed by atoms with van der Waals surface area (Å²) in [5.41, 5.74) is 1.58. The number of nitrogens with zero attached hydrogens (tertiary/aromatic N) is 2. The van der Waals surface area contributed by atoms with E-state index in [1.165, 1.54) is 11.0 Å². The zero-order valence-corrected chi connectivity index (χ0v) is 15.4. The van der Waals surface area contributed by atoms with Crippen LogP contribution in [-0.2, 0) is 11.3 Å². The lowest BCUT2D eigenvalue weighted by molar-refractivity contribution is -0.125. The van der Waals surface area contributed by atoms with E-state index >= 15 is 0 Å². The molecule has 1 fully saturated rings. The third-order valence-corrected chi connectivity index (χ3v) is 4.81. The van der Waals surface area contributed by atoms with E-state index in [1.807, 2.05) is 0 Å². The van der Waals surface area contributed by atoms with Gasteiger partial charge in [0.2, 0.25) is 5.91 Å². The van der Waals surface area contributed by atoms with Crippen molar-refractivity contribution in [3.8, 4) is 0 Å². The summed E-state index contributed by atoms with van der Waals surface area (Å²) in [6.45, 7) is 1.83. The lowest BCUT2D eigenvalue weighted by Crippen LogP contribution is -2.31. The molecule has 1 saturated heterocycles. The van der Waals surface area contributed by atoms with Gasteiger partial charge in [-0.05, 0) is 42.3 Å². The Morgan fingerprint density at radius 3 is 2.39 bits per heavy atom. The molecule has 0 aliphatic carbocycles. The highest BCUT2D eigenvalue weighted by atomic mass is 19.2. The first-order valence-electron chi connectivity index (χ1n) is 8.67. The Balaban J connectivity index is 1.70. The minimum Gasteiger partial charge on any atom is -0.335 e. The van der Waals surface area contributed by atoms with Gasteiger partial charge in [0.1, 0.15) is 0 Å². The van der Waals surface area contributed by atoms with Crippen molar-refractivity contribution >= 4 is 17.8 Å². The molecule has 8 heteroatoms. The van der Waals surface area contributed by atoms with Crippen LogP contribution in [0.5, 0.6) is 0 Å². The average Bonchev–Trinajstić information content (AvgIpc) is 3.01. The Morgan fingerprint density at radius 2 is 1.82 bits per heavy atom. The van der Waals surface area contributed by atoms with Gasteiger partial charge in [0, 0.05) is 12.6 Å². The predicted molar refractivity (Wildman–Crippen MR) is 97.3 cm³/mol. The highest BCUT2D eigenvalue weighted by Gasteiger charge is 2.28. The summed E-state index contributed by atoms with van der Waals surface area (Å²) >= 11 is 0. The number of imide groups is 1. The summed E-state index contributed by atoms with van der Waals surface area (Å²) < 4.78 is 26.6. The van der Waals surface area contributed by atoms with Gasteiger partial charge >= 0.3 is 6.03 Å². The second-order valence-corrected chi connectivity index (χ2v) is 6.60. The van der Waals surface area contributed by atoms with Gasteiger partial charge in [-0.1, -0.05) is 18.2 Å². The second-order valence-electron chi connectivity index (χ2n) is 6.60. The average molecular weight is 387 g/mol. The summed E-state index contributed by atoms with van der Waals surface area (Å²) in [6, 6.07) is 9.18. The molecule has 0 saturated carbocycles. The van der Waals surface area contributed by atoms with Crippen molar-refractivity contribution in [2.24, 2.45) is 0 Å². The van der Waals surface area contributed by atoms with Gasteiger partial charge in [0.25, 0.3) is 5.91 Å². The van der Waals surface area contributed by atoms with E-state index in [0.717, 1.165) is 17.0 Å². The van der Waals surface area contributed by atoms with Gasteiger partial charge < -0.3 is 10.2 Å². The Morgan fingerprint density at radius 1 is 1.14 bits per heavy atom. The number of carbonyl (C=O) groups excluding carboxylic acids is 3. The molecule has 0 aromatic heterocycles. The van der Waals surface area contributed by atoms with Gasteiger partial charge in [-0.2, -0.15) is 0 Å². The van der Waals surface area contributed by atoms with Crippen molar-refractivity contribution in [3.05, 3.63) is 70.8 Å². The van der Waals surface area contributed by atoms with E-state index < -0.39 is 23.7 Å². The first kappa shape index (κ1) is 19.5. The number of rotatable bonds is 5. The fraction of sp³-hybridized carbons (Fsp3) is 0.250. The van der Waals surface area contributed by atoms with E-state index in [0.29, 0.717) is 16.7 Å². The maximum absolute atomic E-state index is 13.5. The predicted octanol–water partition coefficient (Wildman–Crippen LogP) is 2.85. The molecular formula is C20H19F2N3O3. The smallest absolute Gasteiger partial charge is 0.324 e. The molecule has 28 heavy (non-hydrogen) atoms. The molecule has 0 spiro atoms. The largest absolute Gasteiger partial charge is 0.335 e. The maximum Gasteiger partial charge on any atom is 0.324 e. The molecule has 3 rings (SSSR count). The summed E-state index contributed by atoms with van der Waals surface area (Å²) in [5, 5.41) is 2.45. The fourth-order valence-electron chi connectivity index (χ4n) is 2.93. The van der Waals surface area contributed by atoms with Crippen LogP contribution >= 0.6 is 0 Å². The molecule has 1 heterocycles. The van der Waals surface area contributed by atoms with Crippen molar-refractivity contribution in [2.45, 2.75) is 19.5 Å². The number of hydrogen-bond acceptors (Lipinski definition) is 3. The van der Waals surface area contributed by atoms with Crippen LogP contribution in [-0.4, -0.2) is 41.2 Å². The van der Waals surface area contributed by atoms with Gasteiger partial charge in [0.05, 0.1) is 19.1 Å². The highest BCUT2D eigenvalue weighted by Crippen LogP contribution is 2.23. The topological polar surface area (TPSA) is 69.7 Å². The molecule has 1 atom stereocenters. The van der Waals surface area contributed by atoms with Crippen molar-refractivity contribution in [1.82, 2.24) is 15.1 Å². The van der Waals surface area contributed by atoms with Crippen LogP contribution < -0.4 is 5.32 Å². The monoisotopic (exact) mass is 387 g/mol. The minimum atomic E-state index is -0.963. The Bertz CT molecular complexity index is 915. The van der Waals surface area contributed by atoms with Crippen molar-refractivity contribution < 1.29 is 23.2 Å². The van der Waals surface area contributed by atoms with E-state index in [2.05, 4.69) is 5.32 Å². The van der Waals surface area contributed by atoms with E-state index in [-0.39, 0.29) is 24.9 Å². The SMILES string of the molecule is CC(c1ccc(F)c(F)c1)N(C)C(=O)c1ccc(CN2C(=O)CNC2=O)cc1. The third kappa shape index (κ3) is 3.85. The molecule has 1 aliphatic rings. The van der Waals surface area contributed by atoms with E-state index in [4.69, 9.17) is 0 Å². The molecule has 2 aromatic carbocycles. The minimum absolute atomic E-state index is 0.0118. The fourth-order valence-corrected chi connectivity index (χ4v) is 2.93. The van der Waals surface area contributed by atoms with Crippen LogP contribution in [0.1, 0.15) is 34.5 Å². The molecule has 2 aromatic rings. The van der Waals surface area contributed by atoms with Gasteiger partial charge in [-0.25, -0.2) is 13.6 Å². The number of halogens is 2. The molecule has 1 N–H and O–H groups in total. The molecule has 146 valence electrons. The van der Waals surface area contributed by atoms with Crippen molar-refractivity contribution in [2.75, 3.05) is 13.6 Å². The number of urea groups is 1.